The molecule has 2 aromatic carbocycles. The zero-order valence-electron chi connectivity index (χ0n) is 20.0. The maximum atomic E-state index is 13.1. The van der Waals surface area contributed by atoms with E-state index in [9.17, 15) is 9.59 Å². The van der Waals surface area contributed by atoms with E-state index >= 15 is 0 Å². The highest BCUT2D eigenvalue weighted by Crippen LogP contribution is 2.26. The Morgan fingerprint density at radius 2 is 1.74 bits per heavy atom. The van der Waals surface area contributed by atoms with Crippen molar-refractivity contribution in [2.24, 2.45) is 0 Å². The van der Waals surface area contributed by atoms with Gasteiger partial charge in [-0.1, -0.05) is 19.9 Å². The molecule has 1 aromatic heterocycles. The van der Waals surface area contributed by atoms with Gasteiger partial charge < -0.3 is 19.3 Å². The van der Waals surface area contributed by atoms with Gasteiger partial charge in [-0.3, -0.25) is 14.3 Å². The monoisotopic (exact) mass is 462 g/mol. The number of rotatable bonds is 7. The fourth-order valence-corrected chi connectivity index (χ4v) is 4.09. The molecule has 0 bridgehead atoms. The number of hydrogen-bond acceptors (Lipinski definition) is 5. The summed E-state index contributed by atoms with van der Waals surface area (Å²) in [6.45, 7) is 5.19. The van der Waals surface area contributed by atoms with Crippen LogP contribution < -0.4 is 14.4 Å². The summed E-state index contributed by atoms with van der Waals surface area (Å²) >= 11 is 0. The largest absolute Gasteiger partial charge is 0.497 e. The Balaban J connectivity index is 1.47. The molecule has 34 heavy (non-hydrogen) atoms. The lowest BCUT2D eigenvalue weighted by molar-refractivity contribution is -0.137. The summed E-state index contributed by atoms with van der Waals surface area (Å²) in [6.07, 6.45) is 0. The first-order chi connectivity index (χ1) is 16.4. The minimum Gasteiger partial charge on any atom is -0.497 e. The molecule has 178 valence electrons. The SMILES string of the molecule is COc1ccc(-c2cc(C(C)C)n(CC(=O)N3CCN(c4cccc(OC)c4)C(=O)C3)n2)cc1. The lowest BCUT2D eigenvalue weighted by Gasteiger charge is -2.34. The van der Waals surface area contributed by atoms with E-state index in [-0.39, 0.29) is 30.8 Å². The zero-order chi connectivity index (χ0) is 24.2. The quantitative estimate of drug-likeness (QED) is 0.537. The number of nitrogens with zero attached hydrogens (tertiary/aromatic N) is 4. The molecule has 0 unspecified atom stereocenters. The third kappa shape index (κ3) is 4.90. The van der Waals surface area contributed by atoms with Crippen LogP contribution in [0.3, 0.4) is 0 Å². The molecule has 1 aliphatic heterocycles. The molecule has 0 aliphatic carbocycles. The number of piperazine rings is 1. The van der Waals surface area contributed by atoms with Crippen LogP contribution in [-0.4, -0.2) is 60.3 Å². The molecule has 4 rings (SSSR count). The number of carbonyl (C=O) groups excluding carboxylic acids is 2. The molecule has 0 spiro atoms. The molecule has 0 N–H and O–H groups in total. The van der Waals surface area contributed by atoms with Crippen LogP contribution in [0.4, 0.5) is 5.69 Å². The molecule has 8 nitrogen and oxygen atoms in total. The number of benzene rings is 2. The van der Waals surface area contributed by atoms with Gasteiger partial charge in [-0.25, -0.2) is 0 Å². The predicted octanol–water partition coefficient (Wildman–Crippen LogP) is 3.57. The first-order valence-electron chi connectivity index (χ1n) is 11.3. The fraction of sp³-hybridized carbons (Fsp3) is 0.346. The molecule has 3 aromatic rings. The van der Waals surface area contributed by atoms with Gasteiger partial charge >= 0.3 is 0 Å². The van der Waals surface area contributed by atoms with E-state index < -0.39 is 0 Å². The lowest BCUT2D eigenvalue weighted by atomic mass is 10.1. The van der Waals surface area contributed by atoms with Crippen molar-refractivity contribution in [3.63, 3.8) is 0 Å². The van der Waals surface area contributed by atoms with E-state index in [1.807, 2.05) is 54.6 Å². The van der Waals surface area contributed by atoms with Crippen molar-refractivity contribution in [3.8, 4) is 22.8 Å². The van der Waals surface area contributed by atoms with E-state index in [1.165, 1.54) is 0 Å². The van der Waals surface area contributed by atoms with E-state index in [1.54, 1.807) is 28.7 Å². The van der Waals surface area contributed by atoms with E-state index in [2.05, 4.69) is 13.8 Å². The molecule has 1 aliphatic rings. The van der Waals surface area contributed by atoms with Crippen LogP contribution in [0.15, 0.2) is 54.6 Å². The number of aromatic nitrogens is 2. The molecule has 2 heterocycles. The third-order valence-electron chi connectivity index (χ3n) is 6.01. The molecule has 1 fully saturated rings. The van der Waals surface area contributed by atoms with Crippen molar-refractivity contribution in [1.29, 1.82) is 0 Å². The highest BCUT2D eigenvalue weighted by molar-refractivity contribution is 5.98. The van der Waals surface area contributed by atoms with E-state index in [4.69, 9.17) is 14.6 Å². The topological polar surface area (TPSA) is 76.9 Å². The number of amides is 2. The van der Waals surface area contributed by atoms with E-state index in [0.29, 0.717) is 18.8 Å². The number of carbonyl (C=O) groups is 2. The first kappa shape index (κ1) is 23.4. The van der Waals surface area contributed by atoms with Gasteiger partial charge in [0.2, 0.25) is 11.8 Å². The van der Waals surface area contributed by atoms with Gasteiger partial charge in [0.05, 0.1) is 19.9 Å². The van der Waals surface area contributed by atoms with Crippen LogP contribution >= 0.6 is 0 Å². The van der Waals surface area contributed by atoms with E-state index in [0.717, 1.165) is 28.4 Å². The van der Waals surface area contributed by atoms with Crippen molar-refractivity contribution in [2.75, 3.05) is 38.8 Å². The summed E-state index contributed by atoms with van der Waals surface area (Å²) in [5.41, 5.74) is 3.50. The van der Waals surface area contributed by atoms with Crippen LogP contribution in [0, 0.1) is 0 Å². The second kappa shape index (κ2) is 9.99. The molecule has 0 radical (unpaired) electrons. The van der Waals surface area contributed by atoms with Crippen molar-refractivity contribution in [3.05, 3.63) is 60.3 Å². The Kier molecular flexibility index (Phi) is 6.86. The van der Waals surface area contributed by atoms with Gasteiger partial charge in [0, 0.05) is 36.1 Å². The van der Waals surface area contributed by atoms with Gasteiger partial charge in [-0.15, -0.1) is 0 Å². The fourth-order valence-electron chi connectivity index (χ4n) is 4.09. The Bertz CT molecular complexity index is 1170. The van der Waals surface area contributed by atoms with Crippen LogP contribution in [0.1, 0.15) is 25.5 Å². The third-order valence-corrected chi connectivity index (χ3v) is 6.01. The van der Waals surface area contributed by atoms with Gasteiger partial charge in [-0.05, 0) is 48.4 Å². The van der Waals surface area contributed by atoms with Gasteiger partial charge in [0.1, 0.15) is 24.6 Å². The Morgan fingerprint density at radius 1 is 1.00 bits per heavy atom. The van der Waals surface area contributed by atoms with Gasteiger partial charge in [0.15, 0.2) is 0 Å². The summed E-state index contributed by atoms with van der Waals surface area (Å²) in [4.78, 5) is 29.3. The molecule has 2 amide bonds. The second-order valence-electron chi connectivity index (χ2n) is 8.56. The second-order valence-corrected chi connectivity index (χ2v) is 8.56. The number of ether oxygens (including phenoxy) is 2. The molecular formula is C26H30N4O4. The molecule has 0 atom stereocenters. The Morgan fingerprint density at radius 3 is 2.38 bits per heavy atom. The van der Waals surface area contributed by atoms with Crippen molar-refractivity contribution in [1.82, 2.24) is 14.7 Å². The highest BCUT2D eigenvalue weighted by atomic mass is 16.5. The molecule has 1 saturated heterocycles. The maximum absolute atomic E-state index is 13.1. The highest BCUT2D eigenvalue weighted by Gasteiger charge is 2.29. The van der Waals surface area contributed by atoms with Crippen LogP contribution in [0.25, 0.3) is 11.3 Å². The first-order valence-corrected chi connectivity index (χ1v) is 11.3. The lowest BCUT2D eigenvalue weighted by Crippen LogP contribution is -2.53. The number of anilines is 1. The van der Waals surface area contributed by atoms with Crippen LogP contribution in [-0.2, 0) is 16.1 Å². The molecule has 8 heteroatoms. The molecular weight excluding hydrogens is 432 g/mol. The van der Waals surface area contributed by atoms with Crippen LogP contribution in [0.5, 0.6) is 11.5 Å². The predicted molar refractivity (Wildman–Crippen MR) is 130 cm³/mol. The summed E-state index contributed by atoms with van der Waals surface area (Å²) in [7, 11) is 3.23. The van der Waals surface area contributed by atoms with Crippen molar-refractivity contribution < 1.29 is 19.1 Å². The summed E-state index contributed by atoms with van der Waals surface area (Å²) in [5, 5.41) is 4.71. The minimum absolute atomic E-state index is 0.0413. The maximum Gasteiger partial charge on any atom is 0.246 e. The average molecular weight is 463 g/mol. The van der Waals surface area contributed by atoms with Crippen molar-refractivity contribution >= 4 is 17.5 Å². The standard InChI is InChI=1S/C26H30N4O4/c1-18(2)24-15-23(19-8-10-21(33-3)11-9-19)27-30(24)17-25(31)28-12-13-29(26(32)16-28)20-6-5-7-22(14-20)34-4/h5-11,14-15,18H,12-13,16-17H2,1-4H3. The summed E-state index contributed by atoms with van der Waals surface area (Å²) < 4.78 is 12.3. The summed E-state index contributed by atoms with van der Waals surface area (Å²) in [6, 6.07) is 17.1. The summed E-state index contributed by atoms with van der Waals surface area (Å²) in [5.74, 6) is 1.43. The van der Waals surface area contributed by atoms with Crippen LogP contribution in [0.2, 0.25) is 0 Å². The van der Waals surface area contributed by atoms with Gasteiger partial charge in [0.25, 0.3) is 0 Å². The van der Waals surface area contributed by atoms with Gasteiger partial charge in [-0.2, -0.15) is 5.10 Å². The average Bonchev–Trinajstić information content (AvgIpc) is 3.28. The Labute approximate surface area is 199 Å². The number of hydrogen-bond donors (Lipinski definition) is 0. The minimum atomic E-state index is -0.120. The molecule has 0 saturated carbocycles. The zero-order valence-corrected chi connectivity index (χ0v) is 20.0. The number of methoxy groups -OCH3 is 2. The normalized spacial score (nSPS) is 14.0. The Hall–Kier alpha value is -3.81. The smallest absolute Gasteiger partial charge is 0.246 e. The van der Waals surface area contributed by atoms with Crippen molar-refractivity contribution in [2.45, 2.75) is 26.3 Å².